The summed E-state index contributed by atoms with van der Waals surface area (Å²) in [5.74, 6) is 1.26. The maximum absolute atomic E-state index is 14.4. The molecule has 162 valence electrons. The molecule has 0 radical (unpaired) electrons. The van der Waals surface area contributed by atoms with Crippen LogP contribution in [0.15, 0.2) is 30.3 Å². The van der Waals surface area contributed by atoms with E-state index >= 15 is 0 Å². The number of amides is 1. The van der Waals surface area contributed by atoms with Crippen LogP contribution in [0.4, 0.5) is 15.8 Å². The maximum Gasteiger partial charge on any atom is 0.246 e. The van der Waals surface area contributed by atoms with E-state index in [1.807, 2.05) is 13.1 Å². The molecule has 4 aliphatic rings. The summed E-state index contributed by atoms with van der Waals surface area (Å²) in [4.78, 5) is 19.2. The molecule has 2 aromatic rings. The molecular weight excluding hydrogens is 393 g/mol. The topological polar surface area (TPSA) is 36.0 Å². The van der Waals surface area contributed by atoms with Crippen molar-refractivity contribution in [1.29, 1.82) is 0 Å². The van der Waals surface area contributed by atoms with Gasteiger partial charge in [-0.2, -0.15) is 0 Å². The molecule has 6 rings (SSSR count). The number of benzene rings is 2. The Kier molecular flexibility index (Phi) is 4.46. The zero-order valence-electron chi connectivity index (χ0n) is 17.9. The van der Waals surface area contributed by atoms with Crippen molar-refractivity contribution in [3.8, 4) is 5.75 Å². The van der Waals surface area contributed by atoms with Gasteiger partial charge < -0.3 is 19.4 Å². The number of nitrogens with zero attached hydrogens (tertiary/aromatic N) is 3. The Morgan fingerprint density at radius 3 is 3.03 bits per heavy atom. The number of carbonyl (C=O) groups is 1. The largest absolute Gasteiger partial charge is 0.493 e. The molecule has 1 fully saturated rings. The van der Waals surface area contributed by atoms with Crippen molar-refractivity contribution in [2.24, 2.45) is 0 Å². The highest BCUT2D eigenvalue weighted by molar-refractivity contribution is 6.04. The molecule has 0 aromatic heterocycles. The fraction of sp³-hybridized carbons (Fsp3) is 0.480. The normalized spacial score (nSPS) is 24.1. The van der Waals surface area contributed by atoms with Gasteiger partial charge >= 0.3 is 0 Å². The molecule has 0 bridgehead atoms. The zero-order valence-corrected chi connectivity index (χ0v) is 17.9. The number of ether oxygens (including phenoxy) is 1. The Morgan fingerprint density at radius 1 is 1.23 bits per heavy atom. The molecular formula is C25H28FN3O2. The van der Waals surface area contributed by atoms with Crippen molar-refractivity contribution < 1.29 is 13.9 Å². The quantitative estimate of drug-likeness (QED) is 0.759. The van der Waals surface area contributed by atoms with E-state index in [9.17, 15) is 9.18 Å². The summed E-state index contributed by atoms with van der Waals surface area (Å²) >= 11 is 0. The summed E-state index contributed by atoms with van der Waals surface area (Å²) in [6.07, 6.45) is 3.58. The van der Waals surface area contributed by atoms with Crippen LogP contribution in [-0.2, 0) is 17.6 Å². The number of likely N-dealkylation sites (N-methyl/N-ethyl adjacent to an activating group) is 1. The fourth-order valence-electron chi connectivity index (χ4n) is 6.07. The lowest BCUT2D eigenvalue weighted by molar-refractivity contribution is -0.117. The van der Waals surface area contributed by atoms with Crippen LogP contribution in [0.25, 0.3) is 0 Å². The number of para-hydroxylation sites is 1. The molecule has 4 heterocycles. The van der Waals surface area contributed by atoms with E-state index in [1.54, 1.807) is 11.0 Å². The van der Waals surface area contributed by atoms with Crippen LogP contribution < -0.4 is 14.5 Å². The lowest BCUT2D eigenvalue weighted by atomic mass is 9.89. The second-order valence-electron chi connectivity index (χ2n) is 9.27. The minimum Gasteiger partial charge on any atom is -0.493 e. The summed E-state index contributed by atoms with van der Waals surface area (Å²) < 4.78 is 20.1. The highest BCUT2D eigenvalue weighted by atomic mass is 19.1. The smallest absolute Gasteiger partial charge is 0.246 e. The van der Waals surface area contributed by atoms with E-state index in [4.69, 9.17) is 4.74 Å². The maximum atomic E-state index is 14.4. The standard InChI is InChI=1S/C25H28FN3O2/c1-27-22-6-2-4-17-19-14-28(12-9-21(19)29(24(17)22)15-23(27)30)11-3-5-18-20(26)8-7-16-10-13-31-25(16)18/h2,4,6-8,19,21H,3,5,9-15H2,1H3/t19-,21-/m0/s1. The van der Waals surface area contributed by atoms with E-state index in [1.165, 1.54) is 11.3 Å². The fourth-order valence-corrected chi connectivity index (χ4v) is 6.07. The van der Waals surface area contributed by atoms with Gasteiger partial charge in [0.05, 0.1) is 24.5 Å². The first-order valence-corrected chi connectivity index (χ1v) is 11.4. The van der Waals surface area contributed by atoms with Gasteiger partial charge in [0.15, 0.2) is 0 Å². The molecule has 1 amide bonds. The number of rotatable bonds is 4. The van der Waals surface area contributed by atoms with Crippen LogP contribution in [0.1, 0.15) is 35.4 Å². The van der Waals surface area contributed by atoms with Crippen molar-refractivity contribution in [3.63, 3.8) is 0 Å². The van der Waals surface area contributed by atoms with E-state index in [0.717, 1.165) is 61.5 Å². The van der Waals surface area contributed by atoms with Gasteiger partial charge in [0.2, 0.25) is 5.91 Å². The van der Waals surface area contributed by atoms with Gasteiger partial charge in [-0.3, -0.25) is 4.79 Å². The third kappa shape index (κ3) is 2.95. The summed E-state index contributed by atoms with van der Waals surface area (Å²) in [7, 11) is 1.88. The number of halogens is 1. The third-order valence-corrected chi connectivity index (χ3v) is 7.64. The predicted octanol–water partition coefficient (Wildman–Crippen LogP) is 3.35. The van der Waals surface area contributed by atoms with Gasteiger partial charge in [-0.1, -0.05) is 18.2 Å². The van der Waals surface area contributed by atoms with Crippen molar-refractivity contribution in [2.75, 3.05) is 49.6 Å². The first-order valence-electron chi connectivity index (χ1n) is 11.4. The number of fused-ring (bicyclic) bond motifs is 4. The molecule has 2 aromatic carbocycles. The summed E-state index contributed by atoms with van der Waals surface area (Å²) in [5, 5.41) is 0. The zero-order chi connectivity index (χ0) is 21.1. The van der Waals surface area contributed by atoms with Gasteiger partial charge in [0.25, 0.3) is 0 Å². The first-order chi connectivity index (χ1) is 15.1. The molecule has 31 heavy (non-hydrogen) atoms. The van der Waals surface area contributed by atoms with Crippen LogP contribution in [0, 0.1) is 5.82 Å². The predicted molar refractivity (Wildman–Crippen MR) is 119 cm³/mol. The van der Waals surface area contributed by atoms with Gasteiger partial charge in [0.1, 0.15) is 11.6 Å². The molecule has 2 atom stereocenters. The molecule has 0 aliphatic carbocycles. The van der Waals surface area contributed by atoms with Crippen LogP contribution in [0.2, 0.25) is 0 Å². The van der Waals surface area contributed by atoms with Crippen molar-refractivity contribution in [3.05, 3.63) is 52.8 Å². The highest BCUT2D eigenvalue weighted by Gasteiger charge is 2.46. The van der Waals surface area contributed by atoms with Crippen LogP contribution in [0.3, 0.4) is 0 Å². The van der Waals surface area contributed by atoms with Gasteiger partial charge in [-0.25, -0.2) is 4.39 Å². The number of carbonyl (C=O) groups excluding carboxylic acids is 1. The monoisotopic (exact) mass is 421 g/mol. The summed E-state index contributed by atoms with van der Waals surface area (Å²) in [6, 6.07) is 10.2. The van der Waals surface area contributed by atoms with E-state index in [-0.39, 0.29) is 11.7 Å². The Hall–Kier alpha value is -2.60. The second kappa shape index (κ2) is 7.23. The Bertz CT molecular complexity index is 1060. The number of hydrogen-bond acceptors (Lipinski definition) is 4. The Balaban J connectivity index is 1.16. The van der Waals surface area contributed by atoms with E-state index in [2.05, 4.69) is 28.0 Å². The minimum atomic E-state index is -0.139. The van der Waals surface area contributed by atoms with Crippen molar-refractivity contribution >= 4 is 17.3 Å². The molecule has 0 unspecified atom stereocenters. The number of piperidine rings is 1. The van der Waals surface area contributed by atoms with Gasteiger partial charge in [-0.15, -0.1) is 0 Å². The third-order valence-electron chi connectivity index (χ3n) is 7.64. The SMILES string of the molecule is CN1C(=O)CN2c3c(cccc31)[C@@H]1CN(CCCc3c(F)ccc4c3OCC4)CC[C@@H]12. The number of anilines is 2. The average molecular weight is 422 g/mol. The molecule has 0 spiro atoms. The Morgan fingerprint density at radius 2 is 2.13 bits per heavy atom. The lowest BCUT2D eigenvalue weighted by Crippen LogP contribution is -2.51. The van der Waals surface area contributed by atoms with Gasteiger partial charge in [-0.05, 0) is 49.1 Å². The minimum absolute atomic E-state index is 0.139. The highest BCUT2D eigenvalue weighted by Crippen LogP contribution is 2.50. The molecule has 1 saturated heterocycles. The lowest BCUT2D eigenvalue weighted by Gasteiger charge is -2.41. The second-order valence-corrected chi connectivity index (χ2v) is 9.27. The van der Waals surface area contributed by atoms with Crippen molar-refractivity contribution in [2.45, 2.75) is 37.6 Å². The number of hydrogen-bond donors (Lipinski definition) is 0. The van der Waals surface area contributed by atoms with E-state index in [0.29, 0.717) is 31.5 Å². The van der Waals surface area contributed by atoms with Crippen LogP contribution in [-0.4, -0.2) is 56.7 Å². The average Bonchev–Trinajstić information content (AvgIpc) is 3.37. The molecule has 4 aliphatic heterocycles. The van der Waals surface area contributed by atoms with Crippen LogP contribution >= 0.6 is 0 Å². The van der Waals surface area contributed by atoms with Gasteiger partial charge in [0, 0.05) is 44.1 Å². The molecule has 6 heteroatoms. The molecule has 5 nitrogen and oxygen atoms in total. The summed E-state index contributed by atoms with van der Waals surface area (Å²) in [6.45, 7) is 4.13. The Labute approximate surface area is 182 Å². The first kappa shape index (κ1) is 19.1. The molecule has 0 N–H and O–H groups in total. The summed E-state index contributed by atoms with van der Waals surface area (Å²) in [5.41, 5.74) is 5.58. The van der Waals surface area contributed by atoms with E-state index < -0.39 is 0 Å². The van der Waals surface area contributed by atoms with Crippen LogP contribution in [0.5, 0.6) is 5.75 Å². The number of likely N-dealkylation sites (tertiary alicyclic amines) is 1. The molecule has 0 saturated carbocycles. The van der Waals surface area contributed by atoms with Crippen molar-refractivity contribution in [1.82, 2.24) is 4.90 Å².